The summed E-state index contributed by atoms with van der Waals surface area (Å²) in [5.74, 6) is 1.12. The summed E-state index contributed by atoms with van der Waals surface area (Å²) in [5.41, 5.74) is 5.66. The van der Waals surface area contributed by atoms with Gasteiger partial charge in [0, 0.05) is 50.9 Å². The van der Waals surface area contributed by atoms with Crippen LogP contribution in [-0.2, 0) is 22.4 Å². The summed E-state index contributed by atoms with van der Waals surface area (Å²) >= 11 is 0. The van der Waals surface area contributed by atoms with E-state index in [0.29, 0.717) is 32.0 Å². The third-order valence-electron chi connectivity index (χ3n) is 11.2. The molecule has 0 spiro atoms. The number of nitrogens with one attached hydrogen (secondary N) is 3. The van der Waals surface area contributed by atoms with Gasteiger partial charge in [0.15, 0.2) is 0 Å². The number of rotatable bonds is 7. The Labute approximate surface area is 276 Å². The van der Waals surface area contributed by atoms with Crippen LogP contribution in [0.15, 0.2) is 36.4 Å². The van der Waals surface area contributed by atoms with Crippen molar-refractivity contribution in [2.45, 2.75) is 70.8 Å². The molecule has 7 rings (SSSR count). The molecule has 4 amide bonds. The van der Waals surface area contributed by atoms with E-state index in [1.165, 1.54) is 12.8 Å². The first-order valence-electron chi connectivity index (χ1n) is 17.7. The smallest absolute Gasteiger partial charge is 0.322 e. The average Bonchev–Trinajstić information content (AvgIpc) is 3.52. The number of urea groups is 1. The third-order valence-corrected chi connectivity index (χ3v) is 11.2. The highest BCUT2D eigenvalue weighted by Crippen LogP contribution is 2.32. The fourth-order valence-corrected chi connectivity index (χ4v) is 8.51. The minimum Gasteiger partial charge on any atom is -0.343 e. The Bertz CT molecular complexity index is 1580. The molecule has 4 aliphatic heterocycles. The van der Waals surface area contributed by atoms with Crippen molar-refractivity contribution in [2.75, 3.05) is 51.1 Å². The summed E-state index contributed by atoms with van der Waals surface area (Å²) < 4.78 is 0. The zero-order chi connectivity index (χ0) is 32.3. The van der Waals surface area contributed by atoms with Crippen LogP contribution in [0.5, 0.6) is 0 Å². The van der Waals surface area contributed by atoms with E-state index >= 15 is 0 Å². The molecule has 3 saturated heterocycles. The molecule has 2 aromatic carbocycles. The largest absolute Gasteiger partial charge is 0.343 e. The zero-order valence-corrected chi connectivity index (χ0v) is 27.5. The Morgan fingerprint density at radius 2 is 1.62 bits per heavy atom. The molecular formula is C36H48N8O3. The minimum atomic E-state index is -0.436. The molecule has 1 aromatic heterocycles. The lowest BCUT2D eigenvalue weighted by Gasteiger charge is -2.40. The van der Waals surface area contributed by atoms with Crippen molar-refractivity contribution in [1.29, 1.82) is 0 Å². The Balaban J connectivity index is 1.00. The van der Waals surface area contributed by atoms with Gasteiger partial charge in [0.05, 0.1) is 5.92 Å². The van der Waals surface area contributed by atoms with Gasteiger partial charge in [0.25, 0.3) is 0 Å². The Morgan fingerprint density at radius 3 is 2.40 bits per heavy atom. The molecule has 1 atom stereocenters. The van der Waals surface area contributed by atoms with Crippen molar-refractivity contribution in [3.8, 4) is 0 Å². The first-order chi connectivity index (χ1) is 22.9. The van der Waals surface area contributed by atoms with E-state index in [0.717, 1.165) is 97.6 Å². The molecule has 1 unspecified atom stereocenters. The van der Waals surface area contributed by atoms with Gasteiger partial charge in [0.1, 0.15) is 11.0 Å². The highest BCUT2D eigenvalue weighted by atomic mass is 16.2. The number of aromatic nitrogens is 3. The number of piperidine rings is 3. The van der Waals surface area contributed by atoms with E-state index in [-0.39, 0.29) is 30.3 Å². The Kier molecular flexibility index (Phi) is 9.42. The number of amides is 4. The van der Waals surface area contributed by atoms with Crippen LogP contribution in [-0.4, -0.2) is 99.8 Å². The summed E-state index contributed by atoms with van der Waals surface area (Å²) in [7, 11) is 0. The van der Waals surface area contributed by atoms with E-state index in [9.17, 15) is 14.4 Å². The topological polar surface area (TPSA) is 127 Å². The van der Waals surface area contributed by atoms with E-state index < -0.39 is 5.92 Å². The van der Waals surface area contributed by atoms with Gasteiger partial charge in [-0.15, -0.1) is 0 Å². The van der Waals surface area contributed by atoms with Crippen LogP contribution in [0.1, 0.15) is 61.6 Å². The minimum absolute atomic E-state index is 0.0263. The predicted molar refractivity (Wildman–Crippen MR) is 181 cm³/mol. The van der Waals surface area contributed by atoms with Crippen LogP contribution in [0, 0.1) is 24.7 Å². The number of likely N-dealkylation sites (tertiary alicyclic amines) is 2. The van der Waals surface area contributed by atoms with Gasteiger partial charge in [-0.3, -0.25) is 9.59 Å². The molecule has 250 valence electrons. The second kappa shape index (κ2) is 14.0. The Hall–Kier alpha value is -3.99. The first-order valence-corrected chi connectivity index (χ1v) is 17.7. The van der Waals surface area contributed by atoms with Crippen molar-refractivity contribution >= 4 is 34.6 Å². The van der Waals surface area contributed by atoms with Gasteiger partial charge >= 0.3 is 6.03 Å². The van der Waals surface area contributed by atoms with Crippen LogP contribution in [0.25, 0.3) is 11.0 Å². The maximum atomic E-state index is 14.2. The zero-order valence-electron chi connectivity index (χ0n) is 27.5. The average molecular weight is 641 g/mol. The normalized spacial score (nSPS) is 21.0. The van der Waals surface area contributed by atoms with E-state index in [2.05, 4.69) is 38.2 Å². The fourth-order valence-electron chi connectivity index (χ4n) is 8.51. The second-order valence-corrected chi connectivity index (χ2v) is 14.1. The molecule has 0 saturated carbocycles. The molecule has 3 aromatic rings. The van der Waals surface area contributed by atoms with Gasteiger partial charge in [0.2, 0.25) is 11.8 Å². The van der Waals surface area contributed by atoms with Crippen molar-refractivity contribution < 1.29 is 14.4 Å². The molecule has 0 aliphatic carbocycles. The number of anilines is 1. The maximum absolute atomic E-state index is 14.2. The fraction of sp³-hybridized carbons (Fsp3) is 0.583. The number of para-hydroxylation sites is 1. The van der Waals surface area contributed by atoms with Gasteiger partial charge in [-0.1, -0.05) is 24.3 Å². The standard InChI is InChI=1S/C36H48N8O3/c1-24-20-25(22-32-34(24)40-41-39-32)21-29(35(46)43-15-8-27(9-16-43)26-6-13-37-14-7-26)23-33(45)42-17-11-30(12-18-42)44-19-10-28-4-2-3-5-31(28)38-36(44)47/h2-5,20,22,26-27,29-30,37H,6-19,21,23H2,1H3,(H,38,47)(H,39,40,41). The molecule has 0 radical (unpaired) electrons. The monoisotopic (exact) mass is 640 g/mol. The van der Waals surface area contributed by atoms with Crippen LogP contribution >= 0.6 is 0 Å². The Morgan fingerprint density at radius 1 is 0.894 bits per heavy atom. The number of fused-ring (bicyclic) bond motifs is 2. The summed E-state index contributed by atoms with van der Waals surface area (Å²) in [6, 6.07) is 12.1. The summed E-state index contributed by atoms with van der Waals surface area (Å²) in [6.45, 7) is 7.59. The van der Waals surface area contributed by atoms with Crippen LogP contribution < -0.4 is 10.6 Å². The molecule has 11 nitrogen and oxygen atoms in total. The lowest BCUT2D eigenvalue weighted by atomic mass is 9.79. The van der Waals surface area contributed by atoms with Gasteiger partial charge in [-0.2, -0.15) is 15.4 Å². The summed E-state index contributed by atoms with van der Waals surface area (Å²) in [5, 5.41) is 17.8. The highest BCUT2D eigenvalue weighted by molar-refractivity contribution is 5.91. The number of carbonyl (C=O) groups is 3. The van der Waals surface area contributed by atoms with Gasteiger partial charge < -0.3 is 25.3 Å². The lowest BCUT2D eigenvalue weighted by molar-refractivity contribution is -0.143. The van der Waals surface area contributed by atoms with Crippen LogP contribution in [0.2, 0.25) is 0 Å². The SMILES string of the molecule is Cc1cc(CC(CC(=O)N2CCC(N3CCc4ccccc4NC3=O)CC2)C(=O)N2CCC(C3CCNCC3)CC2)cc2n[nH]nc12. The number of nitrogens with zero attached hydrogens (tertiary/aromatic N) is 5. The van der Waals surface area contributed by atoms with Crippen LogP contribution in [0.3, 0.4) is 0 Å². The second-order valence-electron chi connectivity index (χ2n) is 14.1. The molecule has 4 aliphatic rings. The number of hydrogen-bond acceptors (Lipinski definition) is 6. The summed E-state index contributed by atoms with van der Waals surface area (Å²) in [4.78, 5) is 47.0. The molecule has 11 heteroatoms. The quantitative estimate of drug-likeness (QED) is 0.357. The van der Waals surface area contributed by atoms with Crippen molar-refractivity contribution in [3.05, 3.63) is 53.1 Å². The number of hydrogen-bond donors (Lipinski definition) is 3. The van der Waals surface area contributed by atoms with Crippen LogP contribution in [0.4, 0.5) is 10.5 Å². The molecule has 5 heterocycles. The molecule has 47 heavy (non-hydrogen) atoms. The van der Waals surface area contributed by atoms with Gasteiger partial charge in [-0.25, -0.2) is 4.79 Å². The molecule has 0 bridgehead atoms. The number of H-pyrrole nitrogens is 1. The van der Waals surface area contributed by atoms with Crippen molar-refractivity contribution in [1.82, 2.24) is 35.4 Å². The molecular weight excluding hydrogens is 592 g/mol. The molecule has 3 N–H and O–H groups in total. The predicted octanol–water partition coefficient (Wildman–Crippen LogP) is 4.13. The van der Waals surface area contributed by atoms with E-state index in [1.54, 1.807) is 0 Å². The number of aryl methyl sites for hydroxylation is 1. The summed E-state index contributed by atoms with van der Waals surface area (Å²) in [6.07, 6.45) is 7.51. The molecule has 3 fully saturated rings. The lowest BCUT2D eigenvalue weighted by Crippen LogP contribution is -2.50. The van der Waals surface area contributed by atoms with Crippen molar-refractivity contribution in [2.24, 2.45) is 17.8 Å². The van der Waals surface area contributed by atoms with Crippen molar-refractivity contribution in [3.63, 3.8) is 0 Å². The van der Waals surface area contributed by atoms with E-state index in [1.807, 2.05) is 45.9 Å². The number of benzene rings is 2. The number of aromatic amines is 1. The maximum Gasteiger partial charge on any atom is 0.322 e. The number of carbonyl (C=O) groups excluding carboxylic acids is 3. The van der Waals surface area contributed by atoms with E-state index in [4.69, 9.17) is 0 Å². The third kappa shape index (κ3) is 7.00. The first kappa shape index (κ1) is 31.6. The van der Waals surface area contributed by atoms with Gasteiger partial charge in [-0.05, 0) is 112 Å². The highest BCUT2D eigenvalue weighted by Gasteiger charge is 2.36.